The Labute approximate surface area is 262 Å². The fraction of sp³-hybridized carbons (Fsp3) is 0.516. The van der Waals surface area contributed by atoms with Crippen molar-refractivity contribution >= 4 is 25.1 Å². The van der Waals surface area contributed by atoms with E-state index in [9.17, 15) is 19.6 Å². The average molecular weight is 644 g/mol. The number of carbonyl (C=O) groups excluding carboxylic acids is 1. The third-order valence-electron chi connectivity index (χ3n) is 8.13. The van der Waals surface area contributed by atoms with Crippen molar-refractivity contribution < 1.29 is 38.1 Å². The highest BCUT2D eigenvalue weighted by atomic mass is 31.2. The lowest BCUT2D eigenvalue weighted by molar-refractivity contribution is -0.142. The van der Waals surface area contributed by atoms with Gasteiger partial charge in [0.1, 0.15) is 53.3 Å². The van der Waals surface area contributed by atoms with Gasteiger partial charge in [0.15, 0.2) is 5.82 Å². The normalized spacial score (nSPS) is 26.5. The minimum absolute atomic E-state index is 0.0547. The lowest BCUT2D eigenvalue weighted by atomic mass is 9.79. The maximum atomic E-state index is 14.2. The van der Waals surface area contributed by atoms with E-state index in [0.717, 1.165) is 5.56 Å². The number of hydrogen-bond acceptors (Lipinski definition) is 11. The quantitative estimate of drug-likeness (QED) is 0.185. The number of esters is 1. The second-order valence-corrected chi connectivity index (χ2v) is 15.3. The summed E-state index contributed by atoms with van der Waals surface area (Å²) in [5.41, 5.74) is 6.31. The predicted octanol–water partition coefficient (Wildman–Crippen LogP) is 3.98. The Morgan fingerprint density at radius 3 is 2.49 bits per heavy atom. The number of allylic oxidation sites excluding steroid dienone is 2. The van der Waals surface area contributed by atoms with Gasteiger partial charge < -0.3 is 29.9 Å². The molecular formula is C31H42N5O8P. The van der Waals surface area contributed by atoms with E-state index < -0.39 is 50.3 Å². The number of aliphatic hydroxyl groups is 2. The van der Waals surface area contributed by atoms with Gasteiger partial charge in [0, 0.05) is 6.42 Å². The monoisotopic (exact) mass is 643 g/mol. The number of anilines is 1. The molecule has 2 aliphatic rings. The van der Waals surface area contributed by atoms with Crippen molar-refractivity contribution in [1.29, 1.82) is 0 Å². The molecule has 45 heavy (non-hydrogen) atoms. The number of nitrogens with two attached hydrogens (primary N) is 1. The van der Waals surface area contributed by atoms with Gasteiger partial charge in [-0.3, -0.25) is 4.52 Å². The van der Waals surface area contributed by atoms with Crippen molar-refractivity contribution in [2.75, 3.05) is 12.3 Å². The summed E-state index contributed by atoms with van der Waals surface area (Å²) in [5, 5.41) is 29.0. The number of rotatable bonds is 10. The zero-order valence-electron chi connectivity index (χ0n) is 26.6. The molecule has 5 N–H and O–H groups in total. The van der Waals surface area contributed by atoms with Gasteiger partial charge in [0.25, 0.3) is 0 Å². The maximum Gasteiger partial charge on any atom is 0.459 e. The summed E-state index contributed by atoms with van der Waals surface area (Å²) in [4.78, 5) is 16.8. The van der Waals surface area contributed by atoms with Gasteiger partial charge in [-0.2, -0.15) is 10.2 Å². The van der Waals surface area contributed by atoms with Crippen molar-refractivity contribution in [2.24, 2.45) is 5.41 Å². The maximum absolute atomic E-state index is 14.2. The van der Waals surface area contributed by atoms with E-state index >= 15 is 0 Å². The highest BCUT2D eigenvalue weighted by Crippen LogP contribution is 2.48. The Morgan fingerprint density at radius 1 is 1.20 bits per heavy atom. The molecule has 3 aromatic rings. The minimum Gasteiger partial charge on any atom is -0.430 e. The van der Waals surface area contributed by atoms with Gasteiger partial charge in [-0.25, -0.2) is 18.9 Å². The van der Waals surface area contributed by atoms with E-state index in [1.54, 1.807) is 31.2 Å². The molecule has 1 aromatic carbocycles. The molecule has 1 aliphatic heterocycles. The van der Waals surface area contributed by atoms with E-state index in [4.69, 9.17) is 24.3 Å². The molecule has 2 aromatic heterocycles. The number of ether oxygens (including phenoxy) is 2. The summed E-state index contributed by atoms with van der Waals surface area (Å²) in [7, 11) is -4.30. The van der Waals surface area contributed by atoms with Crippen molar-refractivity contribution in [2.45, 2.75) is 90.3 Å². The SMILES string of the molecule is C[C@H](NP(=O)(OC[C@H]1O[C@@](C)(c2ccc3c(N)ncnn23)[C@H](O)[C@@H]1O)Oc1ccc(C(C)(C)C)cc1)C(=O)OC1=CC(C)(C)C1. The van der Waals surface area contributed by atoms with Crippen LogP contribution in [-0.4, -0.2) is 61.7 Å². The highest BCUT2D eigenvalue weighted by molar-refractivity contribution is 7.52. The molecule has 0 spiro atoms. The first kappa shape index (κ1) is 33.1. The van der Waals surface area contributed by atoms with Crippen molar-refractivity contribution in [3.8, 4) is 5.75 Å². The second kappa shape index (κ2) is 11.8. The van der Waals surface area contributed by atoms with Gasteiger partial charge >= 0.3 is 13.7 Å². The zero-order valence-corrected chi connectivity index (χ0v) is 27.4. The van der Waals surface area contributed by atoms with Gasteiger partial charge in [-0.05, 0) is 60.6 Å². The van der Waals surface area contributed by atoms with Crippen LogP contribution in [0.3, 0.4) is 0 Å². The van der Waals surface area contributed by atoms with Crippen molar-refractivity contribution in [3.05, 3.63) is 65.8 Å². The number of benzene rings is 1. The molecule has 5 rings (SSSR count). The number of nitrogen functional groups attached to an aromatic ring is 1. The van der Waals surface area contributed by atoms with E-state index in [2.05, 4.69) is 35.9 Å². The van der Waals surface area contributed by atoms with E-state index in [-0.39, 0.29) is 22.4 Å². The van der Waals surface area contributed by atoms with Crippen LogP contribution in [0.4, 0.5) is 5.82 Å². The van der Waals surface area contributed by atoms with Gasteiger partial charge in [-0.15, -0.1) is 0 Å². The largest absolute Gasteiger partial charge is 0.459 e. The number of aliphatic hydroxyl groups excluding tert-OH is 2. The third kappa shape index (κ3) is 6.79. The van der Waals surface area contributed by atoms with Crippen LogP contribution in [0.15, 0.2) is 54.6 Å². The summed E-state index contributed by atoms with van der Waals surface area (Å²) in [6, 6.07) is 9.29. The second-order valence-electron chi connectivity index (χ2n) is 13.6. The lowest BCUT2D eigenvalue weighted by Gasteiger charge is -2.32. The first-order valence-corrected chi connectivity index (χ1v) is 16.3. The zero-order chi connectivity index (χ0) is 32.9. The van der Waals surface area contributed by atoms with Gasteiger partial charge in [-0.1, -0.05) is 46.8 Å². The lowest BCUT2D eigenvalue weighted by Crippen LogP contribution is -2.40. The molecule has 0 radical (unpaired) electrons. The molecule has 1 aliphatic carbocycles. The fourth-order valence-electron chi connectivity index (χ4n) is 5.50. The van der Waals surface area contributed by atoms with Crippen molar-refractivity contribution in [1.82, 2.24) is 19.7 Å². The van der Waals surface area contributed by atoms with Crippen LogP contribution < -0.4 is 15.3 Å². The number of fused-ring (bicyclic) bond motifs is 1. The fourth-order valence-corrected chi connectivity index (χ4v) is 7.00. The Hall–Kier alpha value is -3.32. The molecule has 1 saturated heterocycles. The van der Waals surface area contributed by atoms with Crippen LogP contribution >= 0.6 is 7.75 Å². The molecule has 244 valence electrons. The predicted molar refractivity (Wildman–Crippen MR) is 166 cm³/mol. The molecule has 14 heteroatoms. The van der Waals surface area contributed by atoms with Crippen LogP contribution in [0.5, 0.6) is 5.75 Å². The van der Waals surface area contributed by atoms with Crippen LogP contribution in [0.1, 0.15) is 66.1 Å². The molecule has 0 amide bonds. The first-order valence-electron chi connectivity index (χ1n) is 14.8. The standard InChI is InChI=1S/C31H42N5O8P/c1-18(28(39)42-21-14-30(5,6)15-21)35-45(40,44-20-10-8-19(9-11-20)29(2,3)4)41-16-23-25(37)26(38)31(7,43-23)24-13-12-22-27(32)33-17-34-36(22)24/h8-14,17-18,23,25-26,37-38H,15-16H2,1-7H3,(H,35,40)(H2,32,33,34)/t18-,23+,25+,26+,31-,45?/m0/s1. The van der Waals surface area contributed by atoms with Gasteiger partial charge in [0.05, 0.1) is 12.3 Å². The number of hydrogen-bond donors (Lipinski definition) is 4. The first-order chi connectivity index (χ1) is 20.9. The topological polar surface area (TPSA) is 180 Å². The molecule has 1 unspecified atom stereocenters. The van der Waals surface area contributed by atoms with E-state index in [1.807, 2.05) is 32.1 Å². The number of aromatic nitrogens is 3. The average Bonchev–Trinajstić information content (AvgIpc) is 3.47. The molecule has 13 nitrogen and oxygen atoms in total. The van der Waals surface area contributed by atoms with Crippen molar-refractivity contribution in [3.63, 3.8) is 0 Å². The van der Waals surface area contributed by atoms with Crippen LogP contribution in [0, 0.1) is 5.41 Å². The van der Waals surface area contributed by atoms with Crippen LogP contribution in [0.2, 0.25) is 0 Å². The molecule has 0 saturated carbocycles. The molecule has 1 fully saturated rings. The minimum atomic E-state index is -4.30. The molecular weight excluding hydrogens is 601 g/mol. The summed E-state index contributed by atoms with van der Waals surface area (Å²) in [6.45, 7) is 12.9. The summed E-state index contributed by atoms with van der Waals surface area (Å²) in [5.74, 6) is 0.345. The summed E-state index contributed by atoms with van der Waals surface area (Å²) in [6.07, 6.45) is -0.250. The molecule has 3 heterocycles. The third-order valence-corrected chi connectivity index (χ3v) is 9.77. The number of carbonyl (C=O) groups is 1. The highest BCUT2D eigenvalue weighted by Gasteiger charge is 2.54. The summed E-state index contributed by atoms with van der Waals surface area (Å²) < 4.78 is 38.9. The van der Waals surface area contributed by atoms with Crippen LogP contribution in [-0.2, 0) is 34.4 Å². The van der Waals surface area contributed by atoms with Gasteiger partial charge in [0.2, 0.25) is 0 Å². The number of nitrogens with one attached hydrogen (secondary N) is 1. The smallest absolute Gasteiger partial charge is 0.430 e. The Morgan fingerprint density at radius 2 is 1.87 bits per heavy atom. The Balaban J connectivity index is 1.35. The molecule has 6 atom stereocenters. The molecule has 0 bridgehead atoms. The Kier molecular flexibility index (Phi) is 8.67. The summed E-state index contributed by atoms with van der Waals surface area (Å²) >= 11 is 0. The van der Waals surface area contributed by atoms with E-state index in [1.165, 1.54) is 17.8 Å². The van der Waals surface area contributed by atoms with E-state index in [0.29, 0.717) is 23.4 Å². The number of nitrogens with zero attached hydrogens (tertiary/aromatic N) is 3. The van der Waals surface area contributed by atoms with Crippen LogP contribution in [0.25, 0.3) is 5.52 Å². The Bertz CT molecular complexity index is 1650.